The molecule has 0 spiro atoms. The highest BCUT2D eigenvalue weighted by Gasteiger charge is 2.13. The van der Waals surface area contributed by atoms with Gasteiger partial charge < -0.3 is 9.47 Å². The van der Waals surface area contributed by atoms with Gasteiger partial charge in [-0.1, -0.05) is 95.6 Å². The van der Waals surface area contributed by atoms with E-state index in [-0.39, 0.29) is 5.91 Å². The van der Waals surface area contributed by atoms with E-state index in [9.17, 15) is 9.59 Å². The van der Waals surface area contributed by atoms with Crippen LogP contribution in [0.25, 0.3) is 0 Å². The molecular weight excluding hydrogens is 512 g/mol. The van der Waals surface area contributed by atoms with E-state index in [4.69, 9.17) is 21.1 Å². The Morgan fingerprint density at radius 3 is 1.97 bits per heavy atom. The molecular formula is C32H45ClN2O4. The molecule has 0 saturated carbocycles. The number of nitrogens with zero attached hydrogens (tertiary/aromatic N) is 1. The summed E-state index contributed by atoms with van der Waals surface area (Å²) in [6, 6.07) is 11.6. The van der Waals surface area contributed by atoms with Gasteiger partial charge in [-0.3, -0.25) is 4.79 Å². The molecule has 1 amide bonds. The molecule has 0 aliphatic carbocycles. The third-order valence-corrected chi connectivity index (χ3v) is 6.71. The van der Waals surface area contributed by atoms with Gasteiger partial charge in [0.05, 0.1) is 18.4 Å². The molecule has 2 aromatic rings. The molecule has 214 valence electrons. The van der Waals surface area contributed by atoms with Gasteiger partial charge >= 0.3 is 5.97 Å². The standard InChI is InChI=1S/C32H45ClN2O4/c1-3-5-6-7-8-9-10-11-12-13-14-15-16-17-31(36)35-34-25-26-18-23-29(30(24-26)38-4-2)39-32(37)27-19-21-28(33)22-20-27/h18-25H,3-17H2,1-2H3,(H,35,36)/b34-25-. The normalized spacial score (nSPS) is 11.1. The summed E-state index contributed by atoms with van der Waals surface area (Å²) in [7, 11) is 0. The van der Waals surface area contributed by atoms with Crippen LogP contribution in [-0.4, -0.2) is 24.7 Å². The molecule has 0 bridgehead atoms. The highest BCUT2D eigenvalue weighted by Crippen LogP contribution is 2.29. The topological polar surface area (TPSA) is 77.0 Å². The average Bonchev–Trinajstić information content (AvgIpc) is 2.93. The predicted octanol–water partition coefficient (Wildman–Crippen LogP) is 8.89. The second-order valence-electron chi connectivity index (χ2n) is 9.82. The molecule has 0 aliphatic heterocycles. The Balaban J connectivity index is 1.64. The molecule has 1 N–H and O–H groups in total. The first-order valence-corrected chi connectivity index (χ1v) is 15.0. The minimum absolute atomic E-state index is 0.0899. The van der Waals surface area contributed by atoms with Gasteiger partial charge in [0.25, 0.3) is 0 Å². The van der Waals surface area contributed by atoms with Crippen LogP contribution in [-0.2, 0) is 4.79 Å². The maximum atomic E-state index is 12.5. The number of benzene rings is 2. The van der Waals surface area contributed by atoms with Crippen LogP contribution in [0.3, 0.4) is 0 Å². The summed E-state index contributed by atoms with van der Waals surface area (Å²) in [6.07, 6.45) is 18.6. The van der Waals surface area contributed by atoms with E-state index in [1.807, 2.05) is 6.92 Å². The Kier molecular flexibility index (Phi) is 16.7. The molecule has 0 unspecified atom stereocenters. The van der Waals surface area contributed by atoms with Crippen molar-refractivity contribution < 1.29 is 19.1 Å². The van der Waals surface area contributed by atoms with Crippen LogP contribution in [0.4, 0.5) is 0 Å². The number of hydrogen-bond donors (Lipinski definition) is 1. The number of halogens is 1. The van der Waals surface area contributed by atoms with Gasteiger partial charge in [-0.15, -0.1) is 0 Å². The zero-order valence-corrected chi connectivity index (χ0v) is 24.4. The van der Waals surface area contributed by atoms with Crippen molar-refractivity contribution in [1.29, 1.82) is 0 Å². The van der Waals surface area contributed by atoms with Gasteiger partial charge in [0, 0.05) is 11.4 Å². The molecule has 0 radical (unpaired) electrons. The number of rotatable bonds is 20. The summed E-state index contributed by atoms with van der Waals surface area (Å²) in [4.78, 5) is 24.6. The first-order chi connectivity index (χ1) is 19.0. The Hall–Kier alpha value is -2.86. The fourth-order valence-corrected chi connectivity index (χ4v) is 4.37. The maximum Gasteiger partial charge on any atom is 0.343 e. The second-order valence-corrected chi connectivity index (χ2v) is 10.3. The summed E-state index contributed by atoms with van der Waals surface area (Å²) in [5.41, 5.74) is 3.69. The highest BCUT2D eigenvalue weighted by atomic mass is 35.5. The predicted molar refractivity (Wildman–Crippen MR) is 160 cm³/mol. The number of ether oxygens (including phenoxy) is 2. The summed E-state index contributed by atoms with van der Waals surface area (Å²) in [5.74, 6) is 0.129. The zero-order valence-electron chi connectivity index (χ0n) is 23.7. The number of esters is 1. The number of hydrazone groups is 1. The highest BCUT2D eigenvalue weighted by molar-refractivity contribution is 6.30. The van der Waals surface area contributed by atoms with Crippen LogP contribution in [0.15, 0.2) is 47.6 Å². The molecule has 39 heavy (non-hydrogen) atoms. The molecule has 2 rings (SSSR count). The van der Waals surface area contributed by atoms with Crippen molar-refractivity contribution in [1.82, 2.24) is 5.43 Å². The molecule has 0 heterocycles. The van der Waals surface area contributed by atoms with Crippen molar-refractivity contribution in [2.24, 2.45) is 5.10 Å². The van der Waals surface area contributed by atoms with E-state index < -0.39 is 5.97 Å². The van der Waals surface area contributed by atoms with Gasteiger partial charge in [-0.05, 0) is 61.4 Å². The molecule has 2 aromatic carbocycles. The quantitative estimate of drug-likeness (QED) is 0.0580. The lowest BCUT2D eigenvalue weighted by Gasteiger charge is -2.11. The molecule has 0 saturated heterocycles. The number of nitrogens with one attached hydrogen (secondary N) is 1. The van der Waals surface area contributed by atoms with Crippen LogP contribution in [0.2, 0.25) is 5.02 Å². The molecule has 7 heteroatoms. The number of unbranched alkanes of at least 4 members (excludes halogenated alkanes) is 12. The Morgan fingerprint density at radius 2 is 1.38 bits per heavy atom. The Labute approximate surface area is 239 Å². The number of hydrogen-bond acceptors (Lipinski definition) is 5. The fraction of sp³-hybridized carbons (Fsp3) is 0.531. The third kappa shape index (κ3) is 14.2. The van der Waals surface area contributed by atoms with Crippen molar-refractivity contribution in [3.8, 4) is 11.5 Å². The lowest BCUT2D eigenvalue weighted by atomic mass is 10.0. The molecule has 0 fully saturated rings. The largest absolute Gasteiger partial charge is 0.490 e. The third-order valence-electron chi connectivity index (χ3n) is 6.46. The van der Waals surface area contributed by atoms with Gasteiger partial charge in [0.15, 0.2) is 11.5 Å². The lowest BCUT2D eigenvalue weighted by Crippen LogP contribution is -2.16. The van der Waals surface area contributed by atoms with Crippen molar-refractivity contribution in [2.45, 2.75) is 104 Å². The van der Waals surface area contributed by atoms with Gasteiger partial charge in [0.2, 0.25) is 5.91 Å². The second kappa shape index (κ2) is 20.1. The van der Waals surface area contributed by atoms with Crippen molar-refractivity contribution >= 4 is 29.7 Å². The number of amides is 1. The minimum Gasteiger partial charge on any atom is -0.490 e. The van der Waals surface area contributed by atoms with E-state index in [0.29, 0.717) is 40.7 Å². The smallest absolute Gasteiger partial charge is 0.343 e. The fourth-order valence-electron chi connectivity index (χ4n) is 4.24. The monoisotopic (exact) mass is 556 g/mol. The van der Waals surface area contributed by atoms with Crippen molar-refractivity contribution in [3.05, 3.63) is 58.6 Å². The van der Waals surface area contributed by atoms with Crippen LogP contribution in [0, 0.1) is 0 Å². The van der Waals surface area contributed by atoms with Crippen LogP contribution < -0.4 is 14.9 Å². The van der Waals surface area contributed by atoms with Crippen molar-refractivity contribution in [3.63, 3.8) is 0 Å². The van der Waals surface area contributed by atoms with Gasteiger partial charge in [0.1, 0.15) is 0 Å². The molecule has 0 atom stereocenters. The van der Waals surface area contributed by atoms with E-state index in [1.165, 1.54) is 70.6 Å². The van der Waals surface area contributed by atoms with Gasteiger partial charge in [-0.2, -0.15) is 5.10 Å². The zero-order chi connectivity index (χ0) is 28.1. The number of carbonyl (C=O) groups is 2. The first kappa shape index (κ1) is 32.4. The van der Waals surface area contributed by atoms with E-state index in [0.717, 1.165) is 12.8 Å². The Bertz CT molecular complexity index is 1010. The molecule has 0 aromatic heterocycles. The lowest BCUT2D eigenvalue weighted by molar-refractivity contribution is -0.121. The van der Waals surface area contributed by atoms with Gasteiger partial charge in [-0.25, -0.2) is 10.2 Å². The summed E-state index contributed by atoms with van der Waals surface area (Å²) >= 11 is 5.88. The maximum absolute atomic E-state index is 12.5. The number of carbonyl (C=O) groups excluding carboxylic acids is 2. The molecule has 6 nitrogen and oxygen atoms in total. The average molecular weight is 557 g/mol. The molecule has 0 aliphatic rings. The summed E-state index contributed by atoms with van der Waals surface area (Å²) in [5, 5.41) is 4.61. The van der Waals surface area contributed by atoms with E-state index in [1.54, 1.807) is 48.7 Å². The minimum atomic E-state index is -0.505. The SMILES string of the molecule is CCCCCCCCCCCCCCCC(=O)N/N=C\c1ccc(OC(=O)c2ccc(Cl)cc2)c(OCC)c1. The van der Waals surface area contributed by atoms with Crippen molar-refractivity contribution in [2.75, 3.05) is 6.61 Å². The van der Waals surface area contributed by atoms with Crippen LogP contribution in [0.1, 0.15) is 120 Å². The van der Waals surface area contributed by atoms with E-state index >= 15 is 0 Å². The summed E-state index contributed by atoms with van der Waals surface area (Å²) in [6.45, 7) is 4.51. The van der Waals surface area contributed by atoms with Crippen LogP contribution >= 0.6 is 11.6 Å². The van der Waals surface area contributed by atoms with Crippen LogP contribution in [0.5, 0.6) is 11.5 Å². The Morgan fingerprint density at radius 1 is 0.795 bits per heavy atom. The van der Waals surface area contributed by atoms with E-state index in [2.05, 4.69) is 17.5 Å². The first-order valence-electron chi connectivity index (χ1n) is 14.6. The summed E-state index contributed by atoms with van der Waals surface area (Å²) < 4.78 is 11.2.